The minimum absolute atomic E-state index is 0.0947. The molecule has 0 fully saturated rings. The molecule has 0 aliphatic carbocycles. The fourth-order valence-electron chi connectivity index (χ4n) is 2.91. The van der Waals surface area contributed by atoms with Gasteiger partial charge in [0.2, 0.25) is 15.9 Å². The zero-order valence-corrected chi connectivity index (χ0v) is 17.2. The highest BCUT2D eigenvalue weighted by Crippen LogP contribution is 2.25. The lowest BCUT2D eigenvalue weighted by Crippen LogP contribution is -2.37. The van der Waals surface area contributed by atoms with E-state index in [1.807, 2.05) is 17.7 Å². The van der Waals surface area contributed by atoms with Crippen molar-refractivity contribution in [3.05, 3.63) is 45.9 Å². The third-order valence-electron chi connectivity index (χ3n) is 4.36. The molecule has 0 bridgehead atoms. The van der Waals surface area contributed by atoms with Gasteiger partial charge in [-0.15, -0.1) is 11.3 Å². The molecule has 0 spiro atoms. The minimum atomic E-state index is -3.60. The fraction of sp³-hybridized carbons (Fsp3) is 0.412. The summed E-state index contributed by atoms with van der Waals surface area (Å²) in [5, 5.41) is 2.58. The summed E-state index contributed by atoms with van der Waals surface area (Å²) in [6.45, 7) is 1.39. The van der Waals surface area contributed by atoms with Crippen LogP contribution < -0.4 is 0 Å². The van der Waals surface area contributed by atoms with Crippen molar-refractivity contribution >= 4 is 39.0 Å². The Morgan fingerprint density at radius 1 is 1.38 bits per heavy atom. The number of amides is 1. The molecule has 0 saturated heterocycles. The van der Waals surface area contributed by atoms with Crippen LogP contribution >= 0.6 is 23.1 Å². The first kappa shape index (κ1) is 19.3. The number of thioether (sulfide) groups is 1. The molecule has 1 aromatic carbocycles. The Morgan fingerprint density at radius 2 is 2.19 bits per heavy atom. The Hall–Kier alpha value is -1.42. The number of rotatable bonds is 6. The largest absolute Gasteiger partial charge is 0.337 e. The maximum absolute atomic E-state index is 12.9. The highest BCUT2D eigenvalue weighted by Gasteiger charge is 2.25. The Labute approximate surface area is 162 Å². The van der Waals surface area contributed by atoms with Crippen molar-refractivity contribution in [2.45, 2.75) is 24.4 Å². The van der Waals surface area contributed by atoms with E-state index < -0.39 is 10.0 Å². The Morgan fingerprint density at radius 3 is 2.88 bits per heavy atom. The van der Waals surface area contributed by atoms with Crippen LogP contribution in [0.25, 0.3) is 0 Å². The predicted molar refractivity (Wildman–Crippen MR) is 105 cm³/mol. The molecule has 1 amide bonds. The second kappa shape index (κ2) is 8.08. The summed E-state index contributed by atoms with van der Waals surface area (Å²) in [5.41, 5.74) is 2.02. The lowest BCUT2D eigenvalue weighted by molar-refractivity contribution is -0.129. The number of aromatic nitrogens is 1. The van der Waals surface area contributed by atoms with Gasteiger partial charge in [-0.2, -0.15) is 16.1 Å². The SMILES string of the molecule is CSCC(=O)N1CCc2ccc(S(=O)(=O)N(C)Cc3nccs3)cc2C1. The van der Waals surface area contributed by atoms with Crippen molar-refractivity contribution < 1.29 is 13.2 Å². The molecule has 1 aliphatic rings. The van der Waals surface area contributed by atoms with E-state index in [2.05, 4.69) is 4.98 Å². The normalized spacial score (nSPS) is 14.5. The Balaban J connectivity index is 1.81. The number of fused-ring (bicyclic) bond motifs is 1. The number of hydrogen-bond acceptors (Lipinski definition) is 6. The van der Waals surface area contributed by atoms with Crippen molar-refractivity contribution in [3.63, 3.8) is 0 Å². The quantitative estimate of drug-likeness (QED) is 0.729. The van der Waals surface area contributed by atoms with Crippen LogP contribution in [0.5, 0.6) is 0 Å². The number of thiazole rings is 1. The fourth-order valence-corrected chi connectivity index (χ4v) is 5.27. The summed E-state index contributed by atoms with van der Waals surface area (Å²) in [5.74, 6) is 0.543. The lowest BCUT2D eigenvalue weighted by atomic mass is 10.00. The molecule has 0 atom stereocenters. The van der Waals surface area contributed by atoms with E-state index >= 15 is 0 Å². The highest BCUT2D eigenvalue weighted by molar-refractivity contribution is 7.99. The molecular formula is C17H21N3O3S3. The van der Waals surface area contributed by atoms with Gasteiger partial charge in [0.1, 0.15) is 5.01 Å². The van der Waals surface area contributed by atoms with Crippen LogP contribution in [-0.2, 0) is 34.3 Å². The van der Waals surface area contributed by atoms with E-state index in [1.54, 1.807) is 30.3 Å². The summed E-state index contributed by atoms with van der Waals surface area (Å²) >= 11 is 2.93. The molecule has 3 rings (SSSR count). The molecule has 0 saturated carbocycles. The lowest BCUT2D eigenvalue weighted by Gasteiger charge is -2.29. The molecule has 0 radical (unpaired) electrons. The zero-order chi connectivity index (χ0) is 18.7. The van der Waals surface area contributed by atoms with Crippen molar-refractivity contribution in [2.75, 3.05) is 25.6 Å². The maximum Gasteiger partial charge on any atom is 0.243 e. The second-order valence-corrected chi connectivity index (χ2v) is 10.0. The number of carbonyl (C=O) groups is 1. The predicted octanol–water partition coefficient (Wildman–Crippen LogP) is 2.21. The number of hydrogen-bond donors (Lipinski definition) is 0. The molecule has 1 aliphatic heterocycles. The highest BCUT2D eigenvalue weighted by atomic mass is 32.2. The summed E-state index contributed by atoms with van der Waals surface area (Å²) in [6.07, 6.45) is 4.32. The van der Waals surface area contributed by atoms with E-state index in [1.165, 1.54) is 27.4 Å². The van der Waals surface area contributed by atoms with Crippen LogP contribution in [0.15, 0.2) is 34.7 Å². The van der Waals surface area contributed by atoms with Gasteiger partial charge < -0.3 is 4.90 Å². The van der Waals surface area contributed by atoms with Crippen LogP contribution in [0, 0.1) is 0 Å². The van der Waals surface area contributed by atoms with Gasteiger partial charge in [0, 0.05) is 31.7 Å². The zero-order valence-electron chi connectivity index (χ0n) is 14.7. The first-order chi connectivity index (χ1) is 12.4. The molecule has 0 unspecified atom stereocenters. The van der Waals surface area contributed by atoms with Crippen molar-refractivity contribution in [2.24, 2.45) is 0 Å². The van der Waals surface area contributed by atoms with Gasteiger partial charge in [-0.05, 0) is 35.9 Å². The van der Waals surface area contributed by atoms with E-state index in [9.17, 15) is 13.2 Å². The molecule has 1 aromatic heterocycles. The summed E-state index contributed by atoms with van der Waals surface area (Å²) < 4.78 is 27.1. The van der Waals surface area contributed by atoms with Gasteiger partial charge in [0.05, 0.1) is 17.2 Å². The van der Waals surface area contributed by atoms with Gasteiger partial charge in [-0.25, -0.2) is 13.4 Å². The average molecular weight is 412 g/mol. The van der Waals surface area contributed by atoms with Crippen LogP contribution in [0.3, 0.4) is 0 Å². The molecule has 6 nitrogen and oxygen atoms in total. The van der Waals surface area contributed by atoms with E-state index in [4.69, 9.17) is 0 Å². The molecule has 26 heavy (non-hydrogen) atoms. The summed E-state index contributed by atoms with van der Waals surface area (Å²) in [7, 11) is -2.04. The molecule has 2 aromatic rings. The number of sulfonamides is 1. The van der Waals surface area contributed by atoms with E-state index in [-0.39, 0.29) is 17.3 Å². The van der Waals surface area contributed by atoms with Crippen molar-refractivity contribution in [1.82, 2.24) is 14.2 Å². The number of nitrogens with zero attached hydrogens (tertiary/aromatic N) is 3. The van der Waals surface area contributed by atoms with Crippen LogP contribution in [-0.4, -0.2) is 54.1 Å². The van der Waals surface area contributed by atoms with Crippen molar-refractivity contribution in [1.29, 1.82) is 0 Å². The second-order valence-electron chi connectivity index (χ2n) is 6.12. The minimum Gasteiger partial charge on any atom is -0.337 e. The molecule has 140 valence electrons. The van der Waals surface area contributed by atoms with Crippen molar-refractivity contribution in [3.8, 4) is 0 Å². The molecule has 0 N–H and O–H groups in total. The third kappa shape index (κ3) is 4.11. The monoisotopic (exact) mass is 411 g/mol. The maximum atomic E-state index is 12.9. The average Bonchev–Trinajstić information content (AvgIpc) is 3.14. The van der Waals surface area contributed by atoms with Crippen LogP contribution in [0.2, 0.25) is 0 Å². The smallest absolute Gasteiger partial charge is 0.243 e. The topological polar surface area (TPSA) is 70.6 Å². The molecule has 2 heterocycles. The van der Waals surface area contributed by atoms with Gasteiger partial charge in [0.25, 0.3) is 0 Å². The third-order valence-corrected chi connectivity index (χ3v) is 7.46. The van der Waals surface area contributed by atoms with Crippen LogP contribution in [0.1, 0.15) is 16.1 Å². The summed E-state index contributed by atoms with van der Waals surface area (Å²) in [4.78, 5) is 18.4. The van der Waals surface area contributed by atoms with E-state index in [0.717, 1.165) is 22.6 Å². The van der Waals surface area contributed by atoms with Gasteiger partial charge in [0.15, 0.2) is 0 Å². The van der Waals surface area contributed by atoms with E-state index in [0.29, 0.717) is 18.8 Å². The number of benzene rings is 1. The Kier molecular flexibility index (Phi) is 6.01. The van der Waals surface area contributed by atoms with Crippen LogP contribution in [0.4, 0.5) is 0 Å². The first-order valence-electron chi connectivity index (χ1n) is 8.15. The molecule has 9 heteroatoms. The Bertz CT molecular complexity index is 882. The molecular weight excluding hydrogens is 390 g/mol. The van der Waals surface area contributed by atoms with Gasteiger partial charge >= 0.3 is 0 Å². The first-order valence-corrected chi connectivity index (χ1v) is 11.9. The number of carbonyl (C=O) groups excluding carboxylic acids is 1. The standard InChI is InChI=1S/C17H21N3O3S3/c1-19(11-16-18-6-8-25-16)26(22,23)15-4-3-13-5-7-20(10-14(13)9-15)17(21)12-24-2/h3-4,6,8-9H,5,7,10-12H2,1-2H3. The van der Waals surface area contributed by atoms with Gasteiger partial charge in [-0.1, -0.05) is 6.07 Å². The summed E-state index contributed by atoms with van der Waals surface area (Å²) in [6, 6.07) is 5.24. The van der Waals surface area contributed by atoms with Gasteiger partial charge in [-0.3, -0.25) is 4.79 Å².